The number of rotatable bonds is 5. The lowest BCUT2D eigenvalue weighted by Crippen LogP contribution is -2.47. The van der Waals surface area contributed by atoms with E-state index in [0.29, 0.717) is 18.2 Å². The maximum atomic E-state index is 13.0. The summed E-state index contributed by atoms with van der Waals surface area (Å²) < 4.78 is 0. The molecule has 1 aromatic heterocycles. The Bertz CT molecular complexity index is 755. The molecule has 1 aliphatic rings. The van der Waals surface area contributed by atoms with E-state index in [1.54, 1.807) is 17.2 Å². The first kappa shape index (κ1) is 18.3. The van der Waals surface area contributed by atoms with Gasteiger partial charge in [0.2, 0.25) is 5.95 Å². The highest BCUT2D eigenvalue weighted by atomic mass is 16.2. The number of aromatic nitrogens is 2. The smallest absolute Gasteiger partial charge is 0.277 e. The minimum Gasteiger partial charge on any atom is -0.338 e. The number of aryl methyl sites for hydroxylation is 1. The van der Waals surface area contributed by atoms with Crippen molar-refractivity contribution in [1.29, 1.82) is 0 Å². The fourth-order valence-electron chi connectivity index (χ4n) is 3.26. The van der Waals surface area contributed by atoms with Gasteiger partial charge in [-0.25, -0.2) is 9.97 Å². The number of benzene rings is 1. The lowest BCUT2D eigenvalue weighted by Gasteiger charge is -2.34. The summed E-state index contributed by atoms with van der Waals surface area (Å²) in [6, 6.07) is 9.68. The van der Waals surface area contributed by atoms with Crippen LogP contribution in [-0.4, -0.2) is 60.0 Å². The highest BCUT2D eigenvalue weighted by molar-refractivity contribution is 6.04. The number of likely N-dealkylation sites (N-methyl/N-ethyl adjacent to an activating group) is 1. The van der Waals surface area contributed by atoms with Crippen molar-refractivity contribution >= 4 is 17.5 Å². The van der Waals surface area contributed by atoms with Crippen molar-refractivity contribution in [3.63, 3.8) is 0 Å². The normalized spacial score (nSPS) is 15.1. The van der Waals surface area contributed by atoms with E-state index in [2.05, 4.69) is 26.7 Å². The number of piperazine rings is 1. The van der Waals surface area contributed by atoms with E-state index in [4.69, 9.17) is 0 Å². The quantitative estimate of drug-likeness (QED) is 0.827. The van der Waals surface area contributed by atoms with Crippen LogP contribution in [0, 0.1) is 6.92 Å². The van der Waals surface area contributed by atoms with E-state index in [0.717, 1.165) is 44.0 Å². The molecule has 0 radical (unpaired) electrons. The van der Waals surface area contributed by atoms with Gasteiger partial charge in [-0.05, 0) is 44.2 Å². The van der Waals surface area contributed by atoms with Crippen molar-refractivity contribution in [2.45, 2.75) is 20.8 Å². The van der Waals surface area contributed by atoms with E-state index in [-0.39, 0.29) is 5.91 Å². The van der Waals surface area contributed by atoms with Crippen molar-refractivity contribution in [1.82, 2.24) is 14.9 Å². The maximum Gasteiger partial charge on any atom is 0.277 e. The van der Waals surface area contributed by atoms with Crippen LogP contribution in [-0.2, 0) is 0 Å². The predicted molar refractivity (Wildman–Crippen MR) is 105 cm³/mol. The number of amides is 1. The van der Waals surface area contributed by atoms with Crippen LogP contribution in [0.5, 0.6) is 0 Å². The third-order valence-electron chi connectivity index (χ3n) is 4.84. The molecule has 1 saturated heterocycles. The zero-order chi connectivity index (χ0) is 18.5. The average Bonchev–Trinajstić information content (AvgIpc) is 2.69. The zero-order valence-corrected chi connectivity index (χ0v) is 15.9. The first-order valence-corrected chi connectivity index (χ1v) is 9.31. The Morgan fingerprint density at radius 2 is 1.92 bits per heavy atom. The number of nitrogens with zero attached hydrogens (tertiary/aromatic N) is 5. The Morgan fingerprint density at radius 3 is 2.58 bits per heavy atom. The molecule has 0 N–H and O–H groups in total. The molecular weight excluding hydrogens is 326 g/mol. The summed E-state index contributed by atoms with van der Waals surface area (Å²) in [5, 5.41) is 0. The van der Waals surface area contributed by atoms with Crippen LogP contribution in [0.2, 0.25) is 0 Å². The van der Waals surface area contributed by atoms with Gasteiger partial charge in [-0.2, -0.15) is 0 Å². The second kappa shape index (κ2) is 8.27. The second-order valence-corrected chi connectivity index (χ2v) is 6.55. The summed E-state index contributed by atoms with van der Waals surface area (Å²) in [5.41, 5.74) is 2.47. The SMILES string of the molecule is CCN1CCN(c2nccc(C(=O)N(CC)c3cccc(C)c3)n2)CC1. The minimum absolute atomic E-state index is 0.0889. The highest BCUT2D eigenvalue weighted by Crippen LogP contribution is 2.19. The van der Waals surface area contributed by atoms with Crippen molar-refractivity contribution in [2.24, 2.45) is 0 Å². The third-order valence-corrected chi connectivity index (χ3v) is 4.84. The molecule has 6 heteroatoms. The van der Waals surface area contributed by atoms with Crippen LogP contribution < -0.4 is 9.80 Å². The molecule has 0 atom stereocenters. The second-order valence-electron chi connectivity index (χ2n) is 6.55. The van der Waals surface area contributed by atoms with E-state index < -0.39 is 0 Å². The van der Waals surface area contributed by atoms with Gasteiger partial charge in [0.05, 0.1) is 0 Å². The van der Waals surface area contributed by atoms with Gasteiger partial charge in [0.25, 0.3) is 5.91 Å². The van der Waals surface area contributed by atoms with Crippen molar-refractivity contribution in [3.05, 3.63) is 47.8 Å². The molecule has 0 spiro atoms. The molecule has 3 rings (SSSR count). The third kappa shape index (κ3) is 4.02. The Kier molecular flexibility index (Phi) is 5.83. The van der Waals surface area contributed by atoms with Crippen molar-refractivity contribution in [2.75, 3.05) is 49.1 Å². The van der Waals surface area contributed by atoms with Crippen molar-refractivity contribution < 1.29 is 4.79 Å². The fourth-order valence-corrected chi connectivity index (χ4v) is 3.26. The molecule has 2 heterocycles. The molecule has 1 aromatic carbocycles. The summed E-state index contributed by atoms with van der Waals surface area (Å²) in [7, 11) is 0. The average molecular weight is 353 g/mol. The molecule has 2 aromatic rings. The van der Waals surface area contributed by atoms with Gasteiger partial charge < -0.3 is 14.7 Å². The van der Waals surface area contributed by atoms with E-state index in [9.17, 15) is 4.79 Å². The minimum atomic E-state index is -0.0889. The van der Waals surface area contributed by atoms with Gasteiger partial charge in [-0.15, -0.1) is 0 Å². The number of carbonyl (C=O) groups excluding carboxylic acids is 1. The molecule has 1 fully saturated rings. The Labute approximate surface area is 155 Å². The zero-order valence-electron chi connectivity index (χ0n) is 15.9. The van der Waals surface area contributed by atoms with Crippen LogP contribution >= 0.6 is 0 Å². The first-order chi connectivity index (χ1) is 12.6. The van der Waals surface area contributed by atoms with Gasteiger partial charge in [0.15, 0.2) is 0 Å². The van der Waals surface area contributed by atoms with E-state index in [1.807, 2.05) is 38.1 Å². The van der Waals surface area contributed by atoms with E-state index >= 15 is 0 Å². The molecule has 6 nitrogen and oxygen atoms in total. The monoisotopic (exact) mass is 353 g/mol. The largest absolute Gasteiger partial charge is 0.338 e. The number of anilines is 2. The summed E-state index contributed by atoms with van der Waals surface area (Å²) in [5.74, 6) is 0.556. The van der Waals surface area contributed by atoms with Gasteiger partial charge in [0.1, 0.15) is 5.69 Å². The van der Waals surface area contributed by atoms with Gasteiger partial charge in [0, 0.05) is 44.6 Å². The van der Waals surface area contributed by atoms with Crippen LogP contribution in [0.15, 0.2) is 36.5 Å². The van der Waals surface area contributed by atoms with Crippen LogP contribution in [0.4, 0.5) is 11.6 Å². The predicted octanol–water partition coefficient (Wildman–Crippen LogP) is 2.59. The summed E-state index contributed by atoms with van der Waals surface area (Å²) >= 11 is 0. The molecule has 0 unspecified atom stereocenters. The molecule has 1 amide bonds. The Hall–Kier alpha value is -2.47. The van der Waals surface area contributed by atoms with Crippen LogP contribution in [0.25, 0.3) is 0 Å². The van der Waals surface area contributed by atoms with Crippen LogP contribution in [0.1, 0.15) is 29.9 Å². The Balaban J connectivity index is 1.79. The maximum absolute atomic E-state index is 13.0. The molecule has 0 aliphatic carbocycles. The van der Waals surface area contributed by atoms with Crippen molar-refractivity contribution in [3.8, 4) is 0 Å². The summed E-state index contributed by atoms with van der Waals surface area (Å²) in [4.78, 5) is 28.3. The first-order valence-electron chi connectivity index (χ1n) is 9.31. The molecule has 1 aliphatic heterocycles. The molecular formula is C20H27N5O. The Morgan fingerprint density at radius 1 is 1.15 bits per heavy atom. The fraction of sp³-hybridized carbons (Fsp3) is 0.450. The highest BCUT2D eigenvalue weighted by Gasteiger charge is 2.21. The lowest BCUT2D eigenvalue weighted by atomic mass is 10.2. The number of carbonyl (C=O) groups is 1. The van der Waals surface area contributed by atoms with Gasteiger partial charge in [-0.1, -0.05) is 19.1 Å². The topological polar surface area (TPSA) is 52.6 Å². The van der Waals surface area contributed by atoms with Gasteiger partial charge in [-0.3, -0.25) is 4.79 Å². The number of hydrogen-bond acceptors (Lipinski definition) is 5. The molecule has 138 valence electrons. The number of hydrogen-bond donors (Lipinski definition) is 0. The molecule has 26 heavy (non-hydrogen) atoms. The van der Waals surface area contributed by atoms with E-state index in [1.165, 1.54) is 0 Å². The summed E-state index contributed by atoms with van der Waals surface area (Å²) in [6.45, 7) is 11.6. The lowest BCUT2D eigenvalue weighted by molar-refractivity contribution is 0.0983. The van der Waals surface area contributed by atoms with Gasteiger partial charge >= 0.3 is 0 Å². The summed E-state index contributed by atoms with van der Waals surface area (Å²) in [6.07, 6.45) is 1.69. The molecule has 0 bridgehead atoms. The molecule has 0 saturated carbocycles. The van der Waals surface area contributed by atoms with Crippen LogP contribution in [0.3, 0.4) is 0 Å². The standard InChI is InChI=1S/C20H27N5O/c1-4-23-11-13-24(14-12-23)20-21-10-9-18(22-20)19(26)25(5-2)17-8-6-7-16(3)15-17/h6-10,15H,4-5,11-14H2,1-3H3.